The van der Waals surface area contributed by atoms with E-state index in [-0.39, 0.29) is 49.7 Å². The summed E-state index contributed by atoms with van der Waals surface area (Å²) in [6.07, 6.45) is 3.61. The Hall–Kier alpha value is -8.31. The standard InChI is InChI=1S/C49H33N2O17S3/c1-25-42(52)37-24-34(20-21-48(37,2)65-45(25)55)71(61,62)68-31-14-8-28(9-15-31)49(3,26-4-10-29(11-5-26)66-69(58)32-16-18-38-35(22-32)43(53)40(50)46(56)63-38)27-6-12-30(13-7-27)67-70(59,60)33-17-19-39-36(23-33)44(54)41(51)47(57)64-39/h4-24,37,50-51,58H,1H2,2-3H3/q+1. The minimum absolute atomic E-state index is 0.0710. The van der Waals surface area contributed by atoms with Crippen molar-refractivity contribution in [3.63, 3.8) is 0 Å². The van der Waals surface area contributed by atoms with Crippen LogP contribution in [0.5, 0.6) is 28.7 Å². The number of fused-ring (bicyclic) bond motifs is 3. The molecule has 0 amide bonds. The molecule has 9 rings (SSSR count). The highest BCUT2D eigenvalue weighted by Gasteiger charge is 2.49. The minimum atomic E-state index is -4.60. The highest BCUT2D eigenvalue weighted by molar-refractivity contribution is 7.91. The molecule has 71 heavy (non-hydrogen) atoms. The zero-order chi connectivity index (χ0) is 50.9. The molecule has 4 atom stereocenters. The summed E-state index contributed by atoms with van der Waals surface area (Å²) in [5.41, 5.74) is -3.56. The first-order valence-corrected chi connectivity index (χ1v) is 24.6. The number of hydrogen-bond donors (Lipinski definition) is 3. The molecule has 3 N–H and O–H groups in total. The highest BCUT2D eigenvalue weighted by atomic mass is 32.2. The van der Waals surface area contributed by atoms with E-state index in [0.29, 0.717) is 16.7 Å². The van der Waals surface area contributed by atoms with Gasteiger partial charge >= 0.3 is 49.6 Å². The predicted molar refractivity (Wildman–Crippen MR) is 249 cm³/mol. The van der Waals surface area contributed by atoms with Gasteiger partial charge in [0.15, 0.2) is 23.0 Å². The summed E-state index contributed by atoms with van der Waals surface area (Å²) < 4.78 is 97.2. The minimum Gasteiger partial charge on any atom is -0.450 e. The van der Waals surface area contributed by atoms with E-state index in [1.54, 1.807) is 48.5 Å². The van der Waals surface area contributed by atoms with Gasteiger partial charge in [0.1, 0.15) is 38.4 Å². The van der Waals surface area contributed by atoms with Crippen LogP contribution in [0.3, 0.4) is 0 Å². The van der Waals surface area contributed by atoms with Crippen molar-refractivity contribution in [1.29, 1.82) is 10.8 Å². The Kier molecular flexibility index (Phi) is 11.6. The molecule has 3 heterocycles. The van der Waals surface area contributed by atoms with Gasteiger partial charge in [-0.3, -0.25) is 25.2 Å². The summed E-state index contributed by atoms with van der Waals surface area (Å²) in [5.74, 6) is -7.33. The lowest BCUT2D eigenvalue weighted by atomic mass is 9.71. The summed E-state index contributed by atoms with van der Waals surface area (Å²) in [6.45, 7) is 6.74. The van der Waals surface area contributed by atoms with Crippen molar-refractivity contribution >= 4 is 78.4 Å². The molecule has 1 saturated heterocycles. The van der Waals surface area contributed by atoms with Gasteiger partial charge < -0.3 is 22.6 Å². The molecule has 19 nitrogen and oxygen atoms in total. The number of benzene rings is 5. The number of esters is 3. The third kappa shape index (κ3) is 8.51. The lowest BCUT2D eigenvalue weighted by Gasteiger charge is -2.38. The van der Waals surface area contributed by atoms with E-state index in [4.69, 9.17) is 37.6 Å². The van der Waals surface area contributed by atoms with Gasteiger partial charge in [-0.2, -0.15) is 16.8 Å². The van der Waals surface area contributed by atoms with Crippen molar-refractivity contribution in [3.05, 3.63) is 172 Å². The van der Waals surface area contributed by atoms with Crippen LogP contribution in [0.2, 0.25) is 0 Å². The van der Waals surface area contributed by atoms with Crippen molar-refractivity contribution in [2.75, 3.05) is 0 Å². The van der Waals surface area contributed by atoms with Crippen LogP contribution >= 0.6 is 0 Å². The number of ketones is 3. The van der Waals surface area contributed by atoms with Crippen molar-refractivity contribution in [2.45, 2.75) is 34.7 Å². The molecule has 5 aromatic carbocycles. The van der Waals surface area contributed by atoms with Crippen molar-refractivity contribution in [3.8, 4) is 28.7 Å². The van der Waals surface area contributed by atoms with E-state index >= 15 is 0 Å². The monoisotopic (exact) mass is 1020 g/mol. The molecule has 4 aliphatic rings. The summed E-state index contributed by atoms with van der Waals surface area (Å²) in [5, 5.41) is 15.4. The molecule has 0 aromatic heterocycles. The van der Waals surface area contributed by atoms with Crippen LogP contribution < -0.4 is 22.0 Å². The largest absolute Gasteiger partial charge is 0.450 e. The topological polar surface area (TPSA) is 294 Å². The van der Waals surface area contributed by atoms with Gasteiger partial charge in [0.25, 0.3) is 0 Å². The van der Waals surface area contributed by atoms with Gasteiger partial charge in [0.05, 0.1) is 22.6 Å². The Morgan fingerprint density at radius 2 is 1.14 bits per heavy atom. The fourth-order valence-electron chi connectivity index (χ4n) is 7.98. The highest BCUT2D eigenvalue weighted by Crippen LogP contribution is 2.43. The molecule has 0 saturated carbocycles. The molecule has 3 aliphatic heterocycles. The number of carbonyl (C=O) groups is 6. The second kappa shape index (κ2) is 17.3. The Morgan fingerprint density at radius 3 is 1.68 bits per heavy atom. The summed E-state index contributed by atoms with van der Waals surface area (Å²) in [4.78, 5) is 73.3. The van der Waals surface area contributed by atoms with Crippen molar-refractivity contribution < 1.29 is 76.9 Å². The quantitative estimate of drug-likeness (QED) is 0.0256. The maximum absolute atomic E-state index is 13.6. The third-order valence-electron chi connectivity index (χ3n) is 12.0. The maximum Gasteiger partial charge on any atom is 0.402 e. The van der Waals surface area contributed by atoms with Crippen LogP contribution in [0.25, 0.3) is 0 Å². The number of hydrogen-bond acceptors (Lipinski definition) is 19. The molecule has 4 unspecified atom stereocenters. The molecule has 0 bridgehead atoms. The van der Waals surface area contributed by atoms with Gasteiger partial charge in [-0.25, -0.2) is 18.6 Å². The zero-order valence-electron chi connectivity index (χ0n) is 36.6. The second-order valence-corrected chi connectivity index (χ2v) is 20.6. The molecular formula is C49H33N2O17S3+. The third-order valence-corrected chi connectivity index (χ3v) is 15.5. The van der Waals surface area contributed by atoms with Crippen LogP contribution in [-0.4, -0.2) is 73.7 Å². The van der Waals surface area contributed by atoms with Crippen molar-refractivity contribution in [1.82, 2.24) is 0 Å². The predicted octanol–water partition coefficient (Wildman–Crippen LogP) is 5.72. The molecule has 22 heteroatoms. The van der Waals surface area contributed by atoms with Gasteiger partial charge in [0.2, 0.25) is 16.5 Å². The first-order valence-electron chi connectivity index (χ1n) is 20.7. The Balaban J connectivity index is 1.00. The SMILES string of the molecule is C=C1C(=O)OC2(C)C=CC(S(=O)(=O)Oc3ccc(C(C)(c4ccc(O[S+](O)c5ccc6c(c5)C(=O)C(=N)C(=O)O6)cc4)c4ccc(OS(=O)(=O)c5ccc6c(c5)C(=O)C(=N)C(=O)O6)cc4)cc3)=CC2C1=O. The van der Waals surface area contributed by atoms with Crippen LogP contribution in [0.4, 0.5) is 0 Å². The fourth-order valence-corrected chi connectivity index (χ4v) is 10.7. The smallest absolute Gasteiger partial charge is 0.402 e. The first-order chi connectivity index (χ1) is 33.5. The van der Waals surface area contributed by atoms with Gasteiger partial charge in [-0.05, 0) is 109 Å². The lowest BCUT2D eigenvalue weighted by molar-refractivity contribution is -0.160. The molecule has 358 valence electrons. The summed E-state index contributed by atoms with van der Waals surface area (Å²) in [6, 6.07) is 25.4. The molecule has 5 aromatic rings. The Bertz CT molecular complexity index is 3570. The van der Waals surface area contributed by atoms with E-state index in [0.717, 1.165) is 24.3 Å². The van der Waals surface area contributed by atoms with Gasteiger partial charge in [-0.1, -0.05) is 43.0 Å². The number of rotatable bonds is 12. The van der Waals surface area contributed by atoms with Crippen LogP contribution in [0, 0.1) is 16.7 Å². The number of ether oxygens (including phenoxy) is 3. The van der Waals surface area contributed by atoms with E-state index in [1.165, 1.54) is 61.5 Å². The molecule has 1 fully saturated rings. The van der Waals surface area contributed by atoms with E-state index in [9.17, 15) is 50.2 Å². The van der Waals surface area contributed by atoms with Crippen LogP contribution in [0.1, 0.15) is 51.3 Å². The first kappa shape index (κ1) is 47.7. The van der Waals surface area contributed by atoms with Crippen LogP contribution in [-0.2, 0) is 61.0 Å². The fraction of sp³-hybridized carbons (Fsp3) is 0.102. The van der Waals surface area contributed by atoms with Crippen molar-refractivity contribution in [2.24, 2.45) is 5.92 Å². The van der Waals surface area contributed by atoms with E-state index < -0.39 is 106 Å². The normalized spacial score (nSPS) is 20.0. The van der Waals surface area contributed by atoms with Gasteiger partial charge in [0, 0.05) is 17.5 Å². The average molecular weight is 1020 g/mol. The van der Waals surface area contributed by atoms with Gasteiger partial charge in [-0.15, -0.1) is 4.55 Å². The zero-order valence-corrected chi connectivity index (χ0v) is 39.1. The average Bonchev–Trinajstić information content (AvgIpc) is 3.34. The number of allylic oxidation sites excluding steroid dienone is 1. The maximum atomic E-state index is 13.6. The lowest BCUT2D eigenvalue weighted by Crippen LogP contribution is -2.49. The Labute approximate surface area is 405 Å². The number of nitrogens with one attached hydrogen (secondary N) is 2. The molecular weight excluding hydrogens is 985 g/mol. The molecule has 0 radical (unpaired) electrons. The second-order valence-electron chi connectivity index (χ2n) is 16.4. The number of Topliss-reactive ketones (excluding diaryl/α,β-unsaturated/α-hetero) is 3. The Morgan fingerprint density at radius 1 is 0.662 bits per heavy atom. The van der Waals surface area contributed by atoms with E-state index in [1.807, 2.05) is 6.92 Å². The summed E-state index contributed by atoms with van der Waals surface area (Å²) >= 11 is -1.95. The van der Waals surface area contributed by atoms with Crippen LogP contribution in [0.15, 0.2) is 154 Å². The molecule has 1 aliphatic carbocycles. The molecule has 0 spiro atoms. The van der Waals surface area contributed by atoms with E-state index in [2.05, 4.69) is 6.58 Å². The number of carbonyl (C=O) groups excluding carboxylic acids is 6. The summed E-state index contributed by atoms with van der Waals surface area (Å²) in [7, 11) is -9.16.